The Balaban J connectivity index is 1.60. The number of aromatic nitrogens is 2. The molecule has 2 fully saturated rings. The molecule has 1 saturated heterocycles. The summed E-state index contributed by atoms with van der Waals surface area (Å²) >= 11 is 0. The molecule has 80 valence electrons. The minimum atomic E-state index is 0.881. The van der Waals surface area contributed by atoms with Crippen LogP contribution in [0.3, 0.4) is 0 Å². The SMILES string of the molecule is CN(CC1C2CNCC21)c1ccncn1. The summed E-state index contributed by atoms with van der Waals surface area (Å²) in [5, 5.41) is 3.42. The third-order valence-corrected chi connectivity index (χ3v) is 3.71. The standard InChI is InChI=1S/C11H16N4/c1-15(11-2-3-12-7-14-11)6-10-8-4-13-5-9(8)10/h2-3,7-10,13H,4-6H2,1H3. The van der Waals surface area contributed by atoms with Gasteiger partial charge in [0.2, 0.25) is 0 Å². The van der Waals surface area contributed by atoms with Gasteiger partial charge in [-0.15, -0.1) is 0 Å². The molecule has 4 nitrogen and oxygen atoms in total. The van der Waals surface area contributed by atoms with E-state index in [9.17, 15) is 0 Å². The number of piperidine rings is 1. The van der Waals surface area contributed by atoms with Gasteiger partial charge >= 0.3 is 0 Å². The summed E-state index contributed by atoms with van der Waals surface area (Å²) in [6.07, 6.45) is 3.41. The zero-order chi connectivity index (χ0) is 10.3. The van der Waals surface area contributed by atoms with Gasteiger partial charge in [-0.25, -0.2) is 9.97 Å². The summed E-state index contributed by atoms with van der Waals surface area (Å²) in [4.78, 5) is 10.4. The van der Waals surface area contributed by atoms with Gasteiger partial charge in [0.05, 0.1) is 0 Å². The zero-order valence-electron chi connectivity index (χ0n) is 8.93. The lowest BCUT2D eigenvalue weighted by Gasteiger charge is -2.18. The van der Waals surface area contributed by atoms with Crippen LogP contribution in [0.1, 0.15) is 0 Å². The molecule has 0 aromatic carbocycles. The molecule has 0 bridgehead atoms. The van der Waals surface area contributed by atoms with Crippen molar-refractivity contribution in [3.63, 3.8) is 0 Å². The minimum absolute atomic E-state index is 0.881. The number of anilines is 1. The molecule has 1 N–H and O–H groups in total. The van der Waals surface area contributed by atoms with Crippen LogP contribution >= 0.6 is 0 Å². The third-order valence-electron chi connectivity index (χ3n) is 3.71. The molecule has 2 heterocycles. The van der Waals surface area contributed by atoms with Crippen molar-refractivity contribution in [2.24, 2.45) is 17.8 Å². The molecule has 2 aliphatic rings. The highest BCUT2D eigenvalue weighted by Gasteiger charge is 2.52. The van der Waals surface area contributed by atoms with E-state index in [1.807, 2.05) is 6.07 Å². The fraction of sp³-hybridized carbons (Fsp3) is 0.636. The molecule has 1 saturated carbocycles. The molecular weight excluding hydrogens is 188 g/mol. The highest BCUT2D eigenvalue weighted by molar-refractivity contribution is 5.35. The largest absolute Gasteiger partial charge is 0.359 e. The Morgan fingerprint density at radius 2 is 2.27 bits per heavy atom. The van der Waals surface area contributed by atoms with Crippen molar-refractivity contribution in [1.82, 2.24) is 15.3 Å². The molecule has 1 aliphatic heterocycles. The highest BCUT2D eigenvalue weighted by atomic mass is 15.2. The molecule has 1 aromatic rings. The molecule has 15 heavy (non-hydrogen) atoms. The van der Waals surface area contributed by atoms with Crippen molar-refractivity contribution >= 4 is 5.82 Å². The highest BCUT2D eigenvalue weighted by Crippen LogP contribution is 2.48. The number of hydrogen-bond donors (Lipinski definition) is 1. The number of nitrogens with zero attached hydrogens (tertiary/aromatic N) is 3. The Bertz CT molecular complexity index is 330. The van der Waals surface area contributed by atoms with E-state index in [0.717, 1.165) is 30.1 Å². The van der Waals surface area contributed by atoms with E-state index < -0.39 is 0 Å². The minimum Gasteiger partial charge on any atom is -0.359 e. The Hall–Kier alpha value is -1.16. The van der Waals surface area contributed by atoms with Gasteiger partial charge in [-0.1, -0.05) is 0 Å². The third kappa shape index (κ3) is 1.59. The Labute approximate surface area is 89.7 Å². The Morgan fingerprint density at radius 3 is 2.93 bits per heavy atom. The lowest BCUT2D eigenvalue weighted by Crippen LogP contribution is -2.25. The number of fused-ring (bicyclic) bond motifs is 1. The van der Waals surface area contributed by atoms with Gasteiger partial charge in [0.1, 0.15) is 12.1 Å². The van der Waals surface area contributed by atoms with Crippen molar-refractivity contribution in [3.05, 3.63) is 18.6 Å². The second-order valence-corrected chi connectivity index (χ2v) is 4.60. The maximum Gasteiger partial charge on any atom is 0.131 e. The van der Waals surface area contributed by atoms with Gasteiger partial charge in [-0.3, -0.25) is 0 Å². The molecule has 0 spiro atoms. The first-order valence-electron chi connectivity index (χ1n) is 5.54. The van der Waals surface area contributed by atoms with Crippen molar-refractivity contribution in [1.29, 1.82) is 0 Å². The monoisotopic (exact) mass is 204 g/mol. The van der Waals surface area contributed by atoms with Gasteiger partial charge in [0, 0.05) is 19.8 Å². The van der Waals surface area contributed by atoms with Crippen LogP contribution in [0, 0.1) is 17.8 Å². The first kappa shape index (κ1) is 9.09. The summed E-state index contributed by atoms with van der Waals surface area (Å²) in [5.74, 6) is 3.76. The van der Waals surface area contributed by atoms with Crippen LogP contribution in [0.15, 0.2) is 18.6 Å². The van der Waals surface area contributed by atoms with Gasteiger partial charge in [-0.2, -0.15) is 0 Å². The zero-order valence-corrected chi connectivity index (χ0v) is 8.93. The molecule has 2 atom stereocenters. The first-order chi connectivity index (χ1) is 7.36. The molecule has 1 aromatic heterocycles. The molecule has 1 aliphatic carbocycles. The Morgan fingerprint density at radius 1 is 1.47 bits per heavy atom. The van der Waals surface area contributed by atoms with E-state index in [-0.39, 0.29) is 0 Å². The fourth-order valence-corrected chi connectivity index (χ4v) is 2.74. The Kier molecular flexibility index (Phi) is 2.09. The molecular formula is C11H16N4. The second kappa shape index (κ2) is 3.45. The first-order valence-corrected chi connectivity index (χ1v) is 5.54. The van der Waals surface area contributed by atoms with Gasteiger partial charge in [0.25, 0.3) is 0 Å². The fourth-order valence-electron chi connectivity index (χ4n) is 2.74. The maximum atomic E-state index is 4.25. The lowest BCUT2D eigenvalue weighted by atomic mass is 10.2. The number of hydrogen-bond acceptors (Lipinski definition) is 4. The summed E-state index contributed by atoms with van der Waals surface area (Å²) in [7, 11) is 2.11. The predicted molar refractivity (Wildman–Crippen MR) is 58.6 cm³/mol. The molecule has 4 heteroatoms. The molecule has 2 unspecified atom stereocenters. The normalized spacial score (nSPS) is 32.5. The quantitative estimate of drug-likeness (QED) is 0.772. The van der Waals surface area contributed by atoms with E-state index in [0.29, 0.717) is 0 Å². The second-order valence-electron chi connectivity index (χ2n) is 4.60. The van der Waals surface area contributed by atoms with Gasteiger partial charge in [0.15, 0.2) is 0 Å². The van der Waals surface area contributed by atoms with Gasteiger partial charge in [-0.05, 0) is 36.9 Å². The molecule has 0 amide bonds. The van der Waals surface area contributed by atoms with E-state index in [4.69, 9.17) is 0 Å². The summed E-state index contributed by atoms with van der Waals surface area (Å²) in [6, 6.07) is 1.97. The molecule has 0 radical (unpaired) electrons. The smallest absolute Gasteiger partial charge is 0.131 e. The van der Waals surface area contributed by atoms with E-state index in [1.165, 1.54) is 13.1 Å². The average Bonchev–Trinajstić information content (AvgIpc) is 2.75. The van der Waals surface area contributed by atoms with Gasteiger partial charge < -0.3 is 10.2 Å². The van der Waals surface area contributed by atoms with E-state index >= 15 is 0 Å². The van der Waals surface area contributed by atoms with Crippen molar-refractivity contribution in [2.45, 2.75) is 0 Å². The predicted octanol–water partition coefficient (Wildman–Crippen LogP) is 0.378. The number of nitrogens with one attached hydrogen (secondary N) is 1. The number of rotatable bonds is 3. The molecule has 3 rings (SSSR count). The van der Waals surface area contributed by atoms with Crippen LogP contribution in [-0.2, 0) is 0 Å². The summed E-state index contributed by atoms with van der Waals surface area (Å²) < 4.78 is 0. The van der Waals surface area contributed by atoms with Crippen LogP contribution in [0.5, 0.6) is 0 Å². The lowest BCUT2D eigenvalue weighted by molar-refractivity contribution is 0.590. The topological polar surface area (TPSA) is 41.0 Å². The maximum absolute atomic E-state index is 4.25. The van der Waals surface area contributed by atoms with Crippen molar-refractivity contribution in [3.8, 4) is 0 Å². The summed E-state index contributed by atoms with van der Waals surface area (Å²) in [6.45, 7) is 3.56. The van der Waals surface area contributed by atoms with E-state index in [1.54, 1.807) is 12.5 Å². The van der Waals surface area contributed by atoms with Crippen molar-refractivity contribution < 1.29 is 0 Å². The van der Waals surface area contributed by atoms with Crippen LogP contribution in [0.25, 0.3) is 0 Å². The average molecular weight is 204 g/mol. The van der Waals surface area contributed by atoms with Crippen LogP contribution < -0.4 is 10.2 Å². The van der Waals surface area contributed by atoms with Crippen LogP contribution in [0.4, 0.5) is 5.82 Å². The van der Waals surface area contributed by atoms with Crippen LogP contribution in [-0.4, -0.2) is 36.6 Å². The van der Waals surface area contributed by atoms with E-state index in [2.05, 4.69) is 27.2 Å². The summed E-state index contributed by atoms with van der Waals surface area (Å²) in [5.41, 5.74) is 0. The van der Waals surface area contributed by atoms with Crippen molar-refractivity contribution in [2.75, 3.05) is 31.6 Å². The van der Waals surface area contributed by atoms with Crippen LogP contribution in [0.2, 0.25) is 0 Å².